The molecule has 0 aromatic heterocycles. The maximum Gasteiger partial charge on any atom is 0.414 e. The van der Waals surface area contributed by atoms with E-state index in [0.717, 1.165) is 6.08 Å². The molecule has 0 heterocycles. The standard InChI is InChI=1S/C7H7ClF3N/c8-6-2-1-4(12)3-5(6)7(9,10)11/h1,3,6H,2,12H2. The third-order valence-electron chi connectivity index (χ3n) is 1.55. The van der Waals surface area contributed by atoms with Gasteiger partial charge >= 0.3 is 6.18 Å². The number of nitrogens with two attached hydrogens (primary N) is 1. The van der Waals surface area contributed by atoms with Crippen molar-refractivity contribution >= 4 is 11.6 Å². The molecule has 12 heavy (non-hydrogen) atoms. The maximum atomic E-state index is 12.1. The van der Waals surface area contributed by atoms with Crippen LogP contribution in [0.25, 0.3) is 0 Å². The largest absolute Gasteiger partial charge is 0.414 e. The Bertz CT molecular complexity index is 242. The SMILES string of the molecule is NC1=CCC(Cl)C(C(F)(F)F)=C1. The molecule has 0 amide bonds. The molecule has 0 aromatic carbocycles. The minimum Gasteiger partial charge on any atom is -0.399 e. The fourth-order valence-corrected chi connectivity index (χ4v) is 1.23. The zero-order valence-electron chi connectivity index (χ0n) is 6.03. The smallest absolute Gasteiger partial charge is 0.399 e. The molecule has 1 aliphatic carbocycles. The lowest BCUT2D eigenvalue weighted by molar-refractivity contribution is -0.0936. The Morgan fingerprint density at radius 1 is 1.50 bits per heavy atom. The average molecular weight is 198 g/mol. The van der Waals surface area contributed by atoms with Crippen molar-refractivity contribution in [1.82, 2.24) is 0 Å². The van der Waals surface area contributed by atoms with Gasteiger partial charge in [0.05, 0.1) is 11.0 Å². The van der Waals surface area contributed by atoms with Gasteiger partial charge in [-0.15, -0.1) is 11.6 Å². The summed E-state index contributed by atoms with van der Waals surface area (Å²) >= 11 is 5.44. The fourth-order valence-electron chi connectivity index (χ4n) is 0.955. The van der Waals surface area contributed by atoms with E-state index in [0.29, 0.717) is 0 Å². The summed E-state index contributed by atoms with van der Waals surface area (Å²) < 4.78 is 36.4. The first-order chi connectivity index (χ1) is 5.41. The van der Waals surface area contributed by atoms with Crippen LogP contribution in [0.2, 0.25) is 0 Å². The Morgan fingerprint density at radius 3 is 2.50 bits per heavy atom. The summed E-state index contributed by atoms with van der Waals surface area (Å²) in [6, 6.07) is 0. The number of rotatable bonds is 0. The Kier molecular flexibility index (Phi) is 2.37. The first-order valence-electron chi connectivity index (χ1n) is 3.30. The first kappa shape index (κ1) is 9.45. The molecule has 0 saturated heterocycles. The van der Waals surface area contributed by atoms with Crippen molar-refractivity contribution in [3.63, 3.8) is 0 Å². The molecule has 0 radical (unpaired) electrons. The highest BCUT2D eigenvalue weighted by Gasteiger charge is 2.38. The Labute approximate surface area is 72.7 Å². The van der Waals surface area contributed by atoms with Gasteiger partial charge in [0.25, 0.3) is 0 Å². The normalized spacial score (nSPS) is 24.8. The van der Waals surface area contributed by atoms with E-state index in [4.69, 9.17) is 17.3 Å². The molecular formula is C7H7ClF3N. The van der Waals surface area contributed by atoms with Gasteiger partial charge in [0.1, 0.15) is 0 Å². The molecule has 1 nitrogen and oxygen atoms in total. The van der Waals surface area contributed by atoms with Gasteiger partial charge in [-0.2, -0.15) is 13.2 Å². The lowest BCUT2D eigenvalue weighted by Gasteiger charge is -2.19. The van der Waals surface area contributed by atoms with E-state index < -0.39 is 17.1 Å². The van der Waals surface area contributed by atoms with Crippen LogP contribution in [0.15, 0.2) is 23.4 Å². The molecule has 0 fully saturated rings. The van der Waals surface area contributed by atoms with Gasteiger partial charge in [-0.3, -0.25) is 0 Å². The van der Waals surface area contributed by atoms with Gasteiger partial charge in [0.15, 0.2) is 0 Å². The third-order valence-corrected chi connectivity index (χ3v) is 1.96. The van der Waals surface area contributed by atoms with Crippen molar-refractivity contribution in [2.45, 2.75) is 18.0 Å². The van der Waals surface area contributed by atoms with Crippen molar-refractivity contribution in [2.24, 2.45) is 5.73 Å². The van der Waals surface area contributed by atoms with Gasteiger partial charge in [-0.25, -0.2) is 0 Å². The van der Waals surface area contributed by atoms with Crippen LogP contribution in [0.4, 0.5) is 13.2 Å². The molecule has 2 N–H and O–H groups in total. The highest BCUT2D eigenvalue weighted by atomic mass is 35.5. The van der Waals surface area contributed by atoms with Crippen LogP contribution in [-0.2, 0) is 0 Å². The second-order valence-electron chi connectivity index (χ2n) is 2.50. The molecule has 0 aliphatic heterocycles. The summed E-state index contributed by atoms with van der Waals surface area (Å²) in [6.07, 6.45) is -1.88. The molecule has 1 unspecified atom stereocenters. The molecule has 0 bridgehead atoms. The highest BCUT2D eigenvalue weighted by molar-refractivity contribution is 6.22. The summed E-state index contributed by atoms with van der Waals surface area (Å²) in [7, 11) is 0. The predicted molar refractivity (Wildman–Crippen MR) is 40.7 cm³/mol. The lowest BCUT2D eigenvalue weighted by atomic mass is 10.0. The van der Waals surface area contributed by atoms with Crippen LogP contribution in [0.3, 0.4) is 0 Å². The number of hydrogen-bond acceptors (Lipinski definition) is 1. The number of hydrogen-bond donors (Lipinski definition) is 1. The summed E-state index contributed by atoms with van der Waals surface area (Å²) in [4.78, 5) is 0. The first-order valence-corrected chi connectivity index (χ1v) is 3.73. The van der Waals surface area contributed by atoms with Crippen molar-refractivity contribution < 1.29 is 13.2 Å². The van der Waals surface area contributed by atoms with Crippen LogP contribution in [0, 0.1) is 0 Å². The minimum absolute atomic E-state index is 0.124. The van der Waals surface area contributed by atoms with Gasteiger partial charge in [0.2, 0.25) is 0 Å². The summed E-state index contributed by atoms with van der Waals surface area (Å²) in [5.41, 5.74) is 4.57. The van der Waals surface area contributed by atoms with Gasteiger partial charge in [-0.05, 0) is 12.5 Å². The second kappa shape index (κ2) is 3.01. The van der Waals surface area contributed by atoms with Crippen molar-refractivity contribution in [2.75, 3.05) is 0 Å². The second-order valence-corrected chi connectivity index (χ2v) is 3.03. The summed E-state index contributed by atoms with van der Waals surface area (Å²) in [5, 5.41) is -1.00. The Hall–Kier alpha value is -0.640. The summed E-state index contributed by atoms with van der Waals surface area (Å²) in [6.45, 7) is 0. The van der Waals surface area contributed by atoms with E-state index in [1.165, 1.54) is 6.08 Å². The van der Waals surface area contributed by atoms with E-state index in [2.05, 4.69) is 0 Å². The van der Waals surface area contributed by atoms with E-state index in [1.54, 1.807) is 0 Å². The zero-order chi connectivity index (χ0) is 9.35. The van der Waals surface area contributed by atoms with E-state index in [-0.39, 0.29) is 12.1 Å². The van der Waals surface area contributed by atoms with Crippen molar-refractivity contribution in [3.8, 4) is 0 Å². The van der Waals surface area contributed by atoms with Gasteiger partial charge in [-0.1, -0.05) is 6.08 Å². The predicted octanol–water partition coefficient (Wildman–Crippen LogP) is 2.33. The van der Waals surface area contributed by atoms with Crippen molar-refractivity contribution in [3.05, 3.63) is 23.4 Å². The third kappa shape index (κ3) is 1.94. The maximum absolute atomic E-state index is 12.1. The van der Waals surface area contributed by atoms with Crippen LogP contribution in [0.5, 0.6) is 0 Å². The molecule has 5 heteroatoms. The average Bonchev–Trinajstić information content (AvgIpc) is 1.92. The van der Waals surface area contributed by atoms with E-state index in [9.17, 15) is 13.2 Å². The number of allylic oxidation sites excluding steroid dienone is 3. The number of halogens is 4. The van der Waals surface area contributed by atoms with Crippen LogP contribution < -0.4 is 5.73 Å². The molecule has 1 atom stereocenters. The molecule has 0 spiro atoms. The van der Waals surface area contributed by atoms with E-state index >= 15 is 0 Å². The van der Waals surface area contributed by atoms with Crippen molar-refractivity contribution in [1.29, 1.82) is 0 Å². The molecule has 68 valence electrons. The molecular weight excluding hydrogens is 191 g/mol. The Balaban J connectivity index is 2.94. The fraction of sp³-hybridized carbons (Fsp3) is 0.429. The molecule has 0 saturated carbocycles. The minimum atomic E-state index is -4.37. The van der Waals surface area contributed by atoms with Gasteiger partial charge < -0.3 is 5.73 Å². The molecule has 1 aliphatic rings. The Morgan fingerprint density at radius 2 is 2.08 bits per heavy atom. The quantitative estimate of drug-likeness (QED) is 0.593. The molecule has 1 rings (SSSR count). The monoisotopic (exact) mass is 197 g/mol. The molecule has 0 aromatic rings. The van der Waals surface area contributed by atoms with E-state index in [1.807, 2.05) is 0 Å². The van der Waals surface area contributed by atoms with Gasteiger partial charge in [0, 0.05) is 5.70 Å². The van der Waals surface area contributed by atoms with Crippen LogP contribution in [0.1, 0.15) is 6.42 Å². The summed E-state index contributed by atoms with van der Waals surface area (Å²) in [5.74, 6) is 0. The van der Waals surface area contributed by atoms with Crippen LogP contribution >= 0.6 is 11.6 Å². The highest BCUT2D eigenvalue weighted by Crippen LogP contribution is 2.34. The zero-order valence-corrected chi connectivity index (χ0v) is 6.78. The van der Waals surface area contributed by atoms with Crippen LogP contribution in [-0.4, -0.2) is 11.6 Å². The lowest BCUT2D eigenvalue weighted by Crippen LogP contribution is -2.23. The topological polar surface area (TPSA) is 26.0 Å². The number of alkyl halides is 4.